The zero-order valence-corrected chi connectivity index (χ0v) is 19.7. The molecule has 1 aromatic rings. The highest BCUT2D eigenvalue weighted by atomic mass is 16.5. The van der Waals surface area contributed by atoms with E-state index in [-0.39, 0.29) is 12.1 Å². The van der Waals surface area contributed by atoms with Crippen molar-refractivity contribution in [2.45, 2.75) is 116 Å². The minimum Gasteiger partial charge on any atom is -0.459 e. The Morgan fingerprint density at radius 1 is 0.900 bits per heavy atom. The maximum Gasteiger partial charge on any atom is 0.338 e. The molecule has 0 aromatic heterocycles. The summed E-state index contributed by atoms with van der Waals surface area (Å²) in [5.41, 5.74) is 2.07. The Hall–Kier alpha value is -1.31. The quantitative estimate of drug-likeness (QED) is 0.301. The molecule has 0 heterocycles. The zero-order valence-electron chi connectivity index (χ0n) is 19.7. The van der Waals surface area contributed by atoms with Crippen molar-refractivity contribution in [3.05, 3.63) is 35.4 Å². The van der Waals surface area contributed by atoms with Gasteiger partial charge in [-0.3, -0.25) is 0 Å². The molecule has 3 atom stereocenters. The third-order valence-electron chi connectivity index (χ3n) is 7.84. The molecule has 0 spiro atoms. The first-order chi connectivity index (χ1) is 14.6. The zero-order chi connectivity index (χ0) is 21.3. The van der Waals surface area contributed by atoms with E-state index in [1.807, 2.05) is 12.1 Å². The average molecular weight is 413 g/mol. The second-order valence-electron chi connectivity index (χ2n) is 10.2. The van der Waals surface area contributed by atoms with Crippen LogP contribution in [0.3, 0.4) is 0 Å². The van der Waals surface area contributed by atoms with Gasteiger partial charge in [-0.2, -0.15) is 0 Å². The predicted octanol–water partition coefficient (Wildman–Crippen LogP) is 8.30. The maximum atomic E-state index is 13.1. The van der Waals surface area contributed by atoms with Crippen molar-refractivity contribution in [1.82, 2.24) is 0 Å². The van der Waals surface area contributed by atoms with Gasteiger partial charge in [0.25, 0.3) is 0 Å². The Morgan fingerprint density at radius 3 is 2.33 bits per heavy atom. The van der Waals surface area contributed by atoms with Crippen LogP contribution in [0.25, 0.3) is 0 Å². The minimum atomic E-state index is -0.0817. The van der Waals surface area contributed by atoms with Gasteiger partial charge in [0.15, 0.2) is 0 Å². The van der Waals surface area contributed by atoms with Crippen LogP contribution >= 0.6 is 0 Å². The first kappa shape index (κ1) is 23.4. The SMILES string of the molecule is CCCCCC1CCC(c2ccccc2C(=O)OC2CCC(CCC)CC2)C(C)C1. The Kier molecular flexibility index (Phi) is 9.27. The van der Waals surface area contributed by atoms with Crippen LogP contribution in [-0.2, 0) is 4.74 Å². The maximum absolute atomic E-state index is 13.1. The van der Waals surface area contributed by atoms with E-state index in [0.717, 1.165) is 30.2 Å². The van der Waals surface area contributed by atoms with Crippen molar-refractivity contribution < 1.29 is 9.53 Å². The second-order valence-corrected chi connectivity index (χ2v) is 10.2. The fraction of sp³-hybridized carbons (Fsp3) is 0.750. The van der Waals surface area contributed by atoms with Crippen LogP contribution < -0.4 is 0 Å². The van der Waals surface area contributed by atoms with Crippen LogP contribution in [-0.4, -0.2) is 12.1 Å². The third-order valence-corrected chi connectivity index (χ3v) is 7.84. The van der Waals surface area contributed by atoms with Crippen LogP contribution in [0.1, 0.15) is 126 Å². The molecule has 3 rings (SSSR count). The van der Waals surface area contributed by atoms with E-state index in [1.54, 1.807) is 0 Å². The molecule has 0 saturated heterocycles. The molecule has 0 radical (unpaired) electrons. The predicted molar refractivity (Wildman–Crippen MR) is 126 cm³/mol. The van der Waals surface area contributed by atoms with Crippen molar-refractivity contribution in [1.29, 1.82) is 0 Å². The van der Waals surface area contributed by atoms with E-state index in [4.69, 9.17) is 4.74 Å². The first-order valence-electron chi connectivity index (χ1n) is 12.9. The first-order valence-corrected chi connectivity index (χ1v) is 12.9. The molecule has 2 fully saturated rings. The fourth-order valence-corrected chi connectivity index (χ4v) is 6.08. The summed E-state index contributed by atoms with van der Waals surface area (Å²) in [6.45, 7) is 6.95. The Morgan fingerprint density at radius 2 is 1.63 bits per heavy atom. The molecule has 0 aliphatic heterocycles. The van der Waals surface area contributed by atoms with E-state index in [2.05, 4.69) is 32.9 Å². The minimum absolute atomic E-state index is 0.0817. The Balaban J connectivity index is 1.58. The molecule has 1 aromatic carbocycles. The lowest BCUT2D eigenvalue weighted by atomic mass is 9.70. The third kappa shape index (κ3) is 6.34. The molecule has 2 aliphatic carbocycles. The number of rotatable bonds is 9. The molecule has 168 valence electrons. The van der Waals surface area contributed by atoms with Crippen LogP contribution in [0.5, 0.6) is 0 Å². The van der Waals surface area contributed by atoms with Crippen LogP contribution in [0.4, 0.5) is 0 Å². The summed E-state index contributed by atoms with van der Waals surface area (Å²) in [4.78, 5) is 13.1. The molecular formula is C28H44O2. The van der Waals surface area contributed by atoms with Crippen LogP contribution in [0, 0.1) is 17.8 Å². The molecule has 0 amide bonds. The van der Waals surface area contributed by atoms with Gasteiger partial charge < -0.3 is 4.74 Å². The van der Waals surface area contributed by atoms with Gasteiger partial charge in [0.2, 0.25) is 0 Å². The number of carbonyl (C=O) groups excluding carboxylic acids is 1. The molecular weight excluding hydrogens is 368 g/mol. The molecule has 2 aliphatic rings. The van der Waals surface area contributed by atoms with Crippen LogP contribution in [0.15, 0.2) is 24.3 Å². The Labute approximate surface area is 185 Å². The lowest BCUT2D eigenvalue weighted by Crippen LogP contribution is -2.27. The molecule has 0 bridgehead atoms. The average Bonchev–Trinajstić information content (AvgIpc) is 2.76. The summed E-state index contributed by atoms with van der Waals surface area (Å²) in [7, 11) is 0. The molecule has 2 saturated carbocycles. The number of benzene rings is 1. The number of unbranched alkanes of at least 4 members (excludes halogenated alkanes) is 2. The highest BCUT2D eigenvalue weighted by molar-refractivity contribution is 5.91. The summed E-state index contributed by atoms with van der Waals surface area (Å²) in [6, 6.07) is 8.29. The lowest BCUT2D eigenvalue weighted by Gasteiger charge is -2.35. The summed E-state index contributed by atoms with van der Waals surface area (Å²) in [5, 5.41) is 0. The van der Waals surface area contributed by atoms with Gasteiger partial charge in [-0.05, 0) is 80.2 Å². The lowest BCUT2D eigenvalue weighted by molar-refractivity contribution is 0.0159. The standard InChI is InChI=1S/C28H44O2/c1-4-6-7-11-23-16-19-25(21(3)20-23)26-12-8-9-13-27(26)28(29)30-24-17-14-22(10-5-2)15-18-24/h8-9,12-13,21-25H,4-7,10-11,14-20H2,1-3H3. The largest absolute Gasteiger partial charge is 0.459 e. The van der Waals surface area contributed by atoms with Crippen molar-refractivity contribution >= 4 is 5.97 Å². The number of carbonyl (C=O) groups is 1. The summed E-state index contributed by atoms with van der Waals surface area (Å²) in [5.74, 6) is 2.77. The summed E-state index contributed by atoms with van der Waals surface area (Å²) < 4.78 is 6.02. The molecule has 30 heavy (non-hydrogen) atoms. The monoisotopic (exact) mass is 412 g/mol. The smallest absolute Gasteiger partial charge is 0.338 e. The number of esters is 1. The molecule has 2 nitrogen and oxygen atoms in total. The summed E-state index contributed by atoms with van der Waals surface area (Å²) in [6.07, 6.45) is 16.5. The van der Waals surface area contributed by atoms with Crippen molar-refractivity contribution in [2.75, 3.05) is 0 Å². The van der Waals surface area contributed by atoms with E-state index >= 15 is 0 Å². The molecule has 2 heteroatoms. The fourth-order valence-electron chi connectivity index (χ4n) is 6.08. The van der Waals surface area contributed by atoms with Gasteiger partial charge in [-0.1, -0.05) is 77.5 Å². The van der Waals surface area contributed by atoms with Gasteiger partial charge in [0, 0.05) is 0 Å². The Bertz CT molecular complexity index is 644. The topological polar surface area (TPSA) is 26.3 Å². The van der Waals surface area contributed by atoms with Crippen molar-refractivity contribution in [3.8, 4) is 0 Å². The van der Waals surface area contributed by atoms with Gasteiger partial charge in [0.1, 0.15) is 6.10 Å². The highest BCUT2D eigenvalue weighted by Gasteiger charge is 2.32. The van der Waals surface area contributed by atoms with E-state index in [9.17, 15) is 4.79 Å². The summed E-state index contributed by atoms with van der Waals surface area (Å²) >= 11 is 0. The number of hydrogen-bond acceptors (Lipinski definition) is 2. The van der Waals surface area contributed by atoms with E-state index in [1.165, 1.54) is 76.2 Å². The van der Waals surface area contributed by atoms with E-state index < -0.39 is 0 Å². The van der Waals surface area contributed by atoms with Gasteiger partial charge >= 0.3 is 5.97 Å². The molecule has 3 unspecified atom stereocenters. The van der Waals surface area contributed by atoms with Gasteiger partial charge in [-0.15, -0.1) is 0 Å². The number of ether oxygens (including phenoxy) is 1. The van der Waals surface area contributed by atoms with E-state index in [0.29, 0.717) is 11.8 Å². The second kappa shape index (κ2) is 11.9. The van der Waals surface area contributed by atoms with Crippen molar-refractivity contribution in [2.24, 2.45) is 17.8 Å². The highest BCUT2D eigenvalue weighted by Crippen LogP contribution is 2.43. The van der Waals surface area contributed by atoms with Crippen LogP contribution in [0.2, 0.25) is 0 Å². The normalized spacial score (nSPS) is 29.5. The van der Waals surface area contributed by atoms with Gasteiger partial charge in [-0.25, -0.2) is 4.79 Å². The molecule has 0 N–H and O–H groups in total. The number of hydrogen-bond donors (Lipinski definition) is 0. The van der Waals surface area contributed by atoms with Gasteiger partial charge in [0.05, 0.1) is 5.56 Å². The van der Waals surface area contributed by atoms with Crippen molar-refractivity contribution in [3.63, 3.8) is 0 Å².